The number of rotatable bonds is 1. The first-order chi connectivity index (χ1) is 7.25. The Morgan fingerprint density at radius 1 is 1.53 bits per heavy atom. The van der Waals surface area contributed by atoms with Gasteiger partial charge in [-0.15, -0.1) is 0 Å². The molecule has 0 unspecified atom stereocenters. The van der Waals surface area contributed by atoms with Gasteiger partial charge in [-0.2, -0.15) is 9.36 Å². The molecule has 0 spiro atoms. The van der Waals surface area contributed by atoms with E-state index in [1.54, 1.807) is 4.90 Å². The molecule has 0 radical (unpaired) electrons. The highest BCUT2D eigenvalue weighted by Crippen LogP contribution is 2.22. The highest BCUT2D eigenvalue weighted by Gasteiger charge is 2.19. The first-order valence-corrected chi connectivity index (χ1v) is 6.26. The number of amides is 1. The summed E-state index contributed by atoms with van der Waals surface area (Å²) in [5.41, 5.74) is 0. The lowest BCUT2D eigenvalue weighted by Crippen LogP contribution is -2.38. The number of nitrogens with zero attached hydrogens (tertiary/aromatic N) is 3. The highest BCUT2D eigenvalue weighted by atomic mass is 35.5. The third-order valence-corrected chi connectivity index (χ3v) is 3.54. The Labute approximate surface area is 99.9 Å². The van der Waals surface area contributed by atoms with Crippen molar-refractivity contribution < 1.29 is 9.53 Å². The molecule has 0 aromatic carbocycles. The minimum Gasteiger partial charge on any atom is -0.378 e. The van der Waals surface area contributed by atoms with Crippen LogP contribution >= 0.6 is 34.9 Å². The molecule has 2 rings (SSSR count). The first-order valence-electron chi connectivity index (χ1n) is 4.29. The van der Waals surface area contributed by atoms with Crippen LogP contribution in [0, 0.1) is 0 Å². The van der Waals surface area contributed by atoms with Gasteiger partial charge in [0, 0.05) is 24.9 Å². The molecular weight excluding hydrogens is 258 g/mol. The van der Waals surface area contributed by atoms with Crippen molar-refractivity contribution in [3.8, 4) is 0 Å². The minimum absolute atomic E-state index is 0.0484. The average molecular weight is 266 g/mol. The molecule has 5 nitrogen and oxygen atoms in total. The molecule has 1 aliphatic rings. The quantitative estimate of drug-likeness (QED) is 0.724. The molecule has 1 fully saturated rings. The van der Waals surface area contributed by atoms with Crippen molar-refractivity contribution in [1.29, 1.82) is 0 Å². The summed E-state index contributed by atoms with van der Waals surface area (Å²) in [6, 6.07) is 0. The summed E-state index contributed by atoms with van der Waals surface area (Å²) < 4.78 is 9.44. The van der Waals surface area contributed by atoms with Gasteiger partial charge in [-0.1, -0.05) is 0 Å². The normalized spacial score (nSPS) is 16.7. The van der Waals surface area contributed by atoms with Crippen LogP contribution in [0.15, 0.2) is 5.16 Å². The number of hydrogen-bond donors (Lipinski definition) is 0. The third kappa shape index (κ3) is 3.04. The second-order valence-corrected chi connectivity index (χ2v) is 5.05. The summed E-state index contributed by atoms with van der Waals surface area (Å²) in [7, 11) is 0. The van der Waals surface area contributed by atoms with Gasteiger partial charge in [0.1, 0.15) is 0 Å². The van der Waals surface area contributed by atoms with Gasteiger partial charge < -0.3 is 9.64 Å². The Balaban J connectivity index is 1.91. The number of aromatic nitrogens is 2. The lowest BCUT2D eigenvalue weighted by Gasteiger charge is -2.25. The Kier molecular flexibility index (Phi) is 3.79. The maximum absolute atomic E-state index is 11.7. The van der Waals surface area contributed by atoms with Crippen molar-refractivity contribution >= 4 is 40.1 Å². The van der Waals surface area contributed by atoms with Gasteiger partial charge in [-0.3, -0.25) is 4.79 Å². The Hall–Kier alpha value is -0.370. The van der Waals surface area contributed by atoms with Crippen LogP contribution in [0.3, 0.4) is 0 Å². The van der Waals surface area contributed by atoms with Crippen LogP contribution in [-0.4, -0.2) is 45.8 Å². The largest absolute Gasteiger partial charge is 0.378 e. The number of halogens is 1. The molecular formula is C7H8ClN3O2S2. The molecule has 82 valence electrons. The first kappa shape index (κ1) is 11.1. The zero-order valence-corrected chi connectivity index (χ0v) is 10.1. The minimum atomic E-state index is -0.0484. The van der Waals surface area contributed by atoms with Crippen LogP contribution in [0.5, 0.6) is 0 Å². The number of ether oxygens (including phenoxy) is 1. The molecule has 15 heavy (non-hydrogen) atoms. The topological polar surface area (TPSA) is 55.3 Å². The molecule has 1 saturated heterocycles. The summed E-state index contributed by atoms with van der Waals surface area (Å²) >= 11 is 7.70. The Morgan fingerprint density at radius 2 is 2.27 bits per heavy atom. The van der Waals surface area contributed by atoms with Gasteiger partial charge in [0.2, 0.25) is 9.62 Å². The molecule has 1 aromatic rings. The van der Waals surface area contributed by atoms with Gasteiger partial charge in [-0.25, -0.2) is 0 Å². The van der Waals surface area contributed by atoms with E-state index < -0.39 is 0 Å². The molecule has 2 heterocycles. The molecule has 0 N–H and O–H groups in total. The van der Waals surface area contributed by atoms with Crippen molar-refractivity contribution in [2.75, 3.05) is 26.3 Å². The fraction of sp³-hybridized carbons (Fsp3) is 0.571. The number of morpholine rings is 1. The summed E-state index contributed by atoms with van der Waals surface area (Å²) in [5.74, 6) is 0. The second kappa shape index (κ2) is 5.11. The van der Waals surface area contributed by atoms with E-state index in [0.717, 1.165) is 23.3 Å². The Morgan fingerprint density at radius 3 is 2.87 bits per heavy atom. The van der Waals surface area contributed by atoms with Crippen molar-refractivity contribution in [2.45, 2.75) is 5.16 Å². The van der Waals surface area contributed by atoms with Crippen molar-refractivity contribution in [1.82, 2.24) is 14.3 Å². The lowest BCUT2D eigenvalue weighted by molar-refractivity contribution is 0.0593. The van der Waals surface area contributed by atoms with Crippen molar-refractivity contribution in [3.63, 3.8) is 0 Å². The number of carbonyl (C=O) groups is 1. The number of hydrogen-bond acceptors (Lipinski definition) is 6. The number of carbonyl (C=O) groups excluding carboxylic acids is 1. The fourth-order valence-corrected chi connectivity index (χ4v) is 2.60. The van der Waals surface area contributed by atoms with E-state index in [4.69, 9.17) is 16.3 Å². The van der Waals surface area contributed by atoms with E-state index in [-0.39, 0.29) is 5.24 Å². The molecule has 0 saturated carbocycles. The van der Waals surface area contributed by atoms with Crippen molar-refractivity contribution in [2.24, 2.45) is 0 Å². The van der Waals surface area contributed by atoms with E-state index in [0.29, 0.717) is 35.9 Å². The molecule has 1 aromatic heterocycles. The van der Waals surface area contributed by atoms with Crippen LogP contribution in [0.1, 0.15) is 0 Å². The van der Waals surface area contributed by atoms with Gasteiger partial charge in [-0.05, 0) is 23.1 Å². The smallest absolute Gasteiger partial charge is 0.289 e. The Bertz CT molecular complexity index is 354. The van der Waals surface area contributed by atoms with Crippen LogP contribution in [0.4, 0.5) is 4.79 Å². The molecule has 8 heteroatoms. The van der Waals surface area contributed by atoms with Gasteiger partial charge >= 0.3 is 0 Å². The molecule has 0 bridgehead atoms. The van der Waals surface area contributed by atoms with E-state index in [2.05, 4.69) is 9.36 Å². The van der Waals surface area contributed by atoms with Gasteiger partial charge in [0.25, 0.3) is 5.24 Å². The maximum Gasteiger partial charge on any atom is 0.289 e. The van der Waals surface area contributed by atoms with E-state index >= 15 is 0 Å². The SMILES string of the molecule is O=C(Sc1nsc(Cl)n1)N1CCOCC1. The standard InChI is InChI=1S/C7H8ClN3O2S2/c8-5-9-6(10-15-5)14-7(12)11-1-3-13-4-2-11/h1-4H2. The zero-order chi connectivity index (χ0) is 10.7. The highest BCUT2D eigenvalue weighted by molar-refractivity contribution is 8.13. The number of thioether (sulfide) groups is 1. The van der Waals surface area contributed by atoms with Crippen LogP contribution in [0.25, 0.3) is 0 Å². The van der Waals surface area contributed by atoms with Crippen molar-refractivity contribution in [3.05, 3.63) is 4.47 Å². The van der Waals surface area contributed by atoms with E-state index in [1.807, 2.05) is 0 Å². The van der Waals surface area contributed by atoms with Crippen LogP contribution < -0.4 is 0 Å². The lowest BCUT2D eigenvalue weighted by atomic mass is 10.5. The predicted octanol–water partition coefficient (Wildman–Crippen LogP) is 1.74. The molecule has 1 aliphatic heterocycles. The monoisotopic (exact) mass is 265 g/mol. The molecule has 0 atom stereocenters. The molecule has 0 aliphatic carbocycles. The predicted molar refractivity (Wildman–Crippen MR) is 58.6 cm³/mol. The average Bonchev–Trinajstić information content (AvgIpc) is 2.65. The van der Waals surface area contributed by atoms with E-state index in [1.165, 1.54) is 0 Å². The molecule has 1 amide bonds. The summed E-state index contributed by atoms with van der Waals surface area (Å²) in [4.78, 5) is 17.3. The van der Waals surface area contributed by atoms with Crippen LogP contribution in [0.2, 0.25) is 4.47 Å². The van der Waals surface area contributed by atoms with Gasteiger partial charge in [0.15, 0.2) is 0 Å². The zero-order valence-electron chi connectivity index (χ0n) is 7.68. The summed E-state index contributed by atoms with van der Waals surface area (Å²) in [6.07, 6.45) is 0. The second-order valence-electron chi connectivity index (χ2n) is 2.80. The summed E-state index contributed by atoms with van der Waals surface area (Å²) in [5, 5.41) is 0.370. The maximum atomic E-state index is 11.7. The van der Waals surface area contributed by atoms with Gasteiger partial charge in [0.05, 0.1) is 13.2 Å². The van der Waals surface area contributed by atoms with E-state index in [9.17, 15) is 4.79 Å². The fourth-order valence-electron chi connectivity index (χ4n) is 1.12. The summed E-state index contributed by atoms with van der Waals surface area (Å²) in [6.45, 7) is 2.45. The van der Waals surface area contributed by atoms with Crippen LogP contribution in [-0.2, 0) is 4.74 Å². The third-order valence-electron chi connectivity index (χ3n) is 1.83.